The highest BCUT2D eigenvalue weighted by atomic mass is 32.2. The van der Waals surface area contributed by atoms with Crippen molar-refractivity contribution in [2.75, 3.05) is 37.7 Å². The highest BCUT2D eigenvalue weighted by molar-refractivity contribution is 7.91. The number of nitrogens with one attached hydrogen (secondary N) is 1. The Morgan fingerprint density at radius 1 is 1.30 bits per heavy atom. The van der Waals surface area contributed by atoms with Crippen LogP contribution in [0.15, 0.2) is 24.3 Å². The Morgan fingerprint density at radius 3 is 2.61 bits per heavy atom. The lowest BCUT2D eigenvalue weighted by Crippen LogP contribution is -2.44. The molecule has 1 amide bonds. The molecule has 0 bridgehead atoms. The summed E-state index contributed by atoms with van der Waals surface area (Å²) in [5.41, 5.74) is 0.538. The first-order chi connectivity index (χ1) is 10.9. The van der Waals surface area contributed by atoms with Gasteiger partial charge in [0.15, 0.2) is 9.84 Å². The van der Waals surface area contributed by atoms with E-state index in [-0.39, 0.29) is 29.1 Å². The van der Waals surface area contributed by atoms with E-state index in [1.54, 1.807) is 25.1 Å². The largest absolute Gasteiger partial charge is 0.355 e. The van der Waals surface area contributed by atoms with Gasteiger partial charge in [-0.2, -0.15) is 0 Å². The van der Waals surface area contributed by atoms with Crippen molar-refractivity contribution in [2.45, 2.75) is 13.3 Å². The maximum absolute atomic E-state index is 13.6. The van der Waals surface area contributed by atoms with Crippen molar-refractivity contribution < 1.29 is 17.6 Å². The molecule has 0 radical (unpaired) electrons. The Kier molecular flexibility index (Phi) is 6.12. The lowest BCUT2D eigenvalue weighted by Gasteiger charge is -2.26. The molecule has 1 fully saturated rings. The Balaban J connectivity index is 1.71. The molecule has 1 atom stereocenters. The summed E-state index contributed by atoms with van der Waals surface area (Å²) in [6.45, 7) is 3.91. The van der Waals surface area contributed by atoms with Gasteiger partial charge in [0, 0.05) is 32.1 Å². The normalized spacial score (nSPS) is 19.2. The van der Waals surface area contributed by atoms with Crippen LogP contribution >= 0.6 is 0 Å². The minimum absolute atomic E-state index is 0.113. The molecular weight excluding hydrogens is 319 g/mol. The number of hydrogen-bond donors (Lipinski definition) is 1. The summed E-state index contributed by atoms with van der Waals surface area (Å²) in [4.78, 5) is 14.1. The number of halogens is 1. The molecule has 1 N–H and O–H groups in total. The van der Waals surface area contributed by atoms with Crippen molar-refractivity contribution in [3.8, 4) is 0 Å². The molecule has 7 heteroatoms. The summed E-state index contributed by atoms with van der Waals surface area (Å²) in [5, 5.41) is 2.84. The monoisotopic (exact) mass is 342 g/mol. The summed E-state index contributed by atoms with van der Waals surface area (Å²) in [5.74, 6) is -0.344. The number of amides is 1. The number of hydrogen-bond acceptors (Lipinski definition) is 4. The fraction of sp³-hybridized carbons (Fsp3) is 0.562. The molecule has 1 unspecified atom stereocenters. The van der Waals surface area contributed by atoms with E-state index >= 15 is 0 Å². The summed E-state index contributed by atoms with van der Waals surface area (Å²) < 4.78 is 36.3. The topological polar surface area (TPSA) is 66.5 Å². The number of carbonyl (C=O) groups is 1. The maximum Gasteiger partial charge on any atom is 0.223 e. The molecule has 0 spiro atoms. The van der Waals surface area contributed by atoms with Gasteiger partial charge in [0.2, 0.25) is 5.91 Å². The van der Waals surface area contributed by atoms with Crippen molar-refractivity contribution in [1.29, 1.82) is 0 Å². The smallest absolute Gasteiger partial charge is 0.223 e. The van der Waals surface area contributed by atoms with E-state index < -0.39 is 9.84 Å². The predicted molar refractivity (Wildman–Crippen MR) is 87.4 cm³/mol. The number of benzene rings is 1. The molecular formula is C16H23FN2O3S. The molecule has 128 valence electrons. The molecule has 1 aliphatic rings. The zero-order chi connectivity index (χ0) is 16.9. The molecule has 2 rings (SSSR count). The average molecular weight is 342 g/mol. The van der Waals surface area contributed by atoms with Gasteiger partial charge in [-0.1, -0.05) is 25.1 Å². The van der Waals surface area contributed by atoms with Crippen molar-refractivity contribution in [1.82, 2.24) is 10.2 Å². The predicted octanol–water partition coefficient (Wildman–Crippen LogP) is 0.851. The van der Waals surface area contributed by atoms with Gasteiger partial charge in [0.05, 0.1) is 11.5 Å². The summed E-state index contributed by atoms with van der Waals surface area (Å²) in [6.07, 6.45) is 0.362. The second kappa shape index (κ2) is 7.88. The second-order valence-corrected chi connectivity index (χ2v) is 8.28. The van der Waals surface area contributed by atoms with Crippen LogP contribution in [0.4, 0.5) is 4.39 Å². The van der Waals surface area contributed by atoms with Gasteiger partial charge in [0.1, 0.15) is 5.82 Å². The number of sulfone groups is 1. The maximum atomic E-state index is 13.6. The van der Waals surface area contributed by atoms with Crippen LogP contribution in [0.2, 0.25) is 0 Å². The quantitative estimate of drug-likeness (QED) is 0.832. The molecule has 0 aromatic heterocycles. The molecule has 0 saturated carbocycles. The van der Waals surface area contributed by atoms with Crippen LogP contribution < -0.4 is 5.32 Å². The van der Waals surface area contributed by atoms with Gasteiger partial charge in [-0.3, -0.25) is 9.69 Å². The minimum atomic E-state index is -2.87. The number of rotatable bonds is 6. The fourth-order valence-corrected chi connectivity index (χ4v) is 3.85. The van der Waals surface area contributed by atoms with E-state index in [2.05, 4.69) is 5.32 Å². The van der Waals surface area contributed by atoms with Gasteiger partial charge in [-0.15, -0.1) is 0 Å². The van der Waals surface area contributed by atoms with E-state index in [0.717, 1.165) is 0 Å². The molecule has 1 saturated heterocycles. The van der Waals surface area contributed by atoms with E-state index in [9.17, 15) is 17.6 Å². The Hall–Kier alpha value is -1.47. The van der Waals surface area contributed by atoms with Gasteiger partial charge in [0.25, 0.3) is 0 Å². The molecule has 5 nitrogen and oxygen atoms in total. The highest BCUT2D eigenvalue weighted by Crippen LogP contribution is 2.12. The number of carbonyl (C=O) groups excluding carboxylic acids is 1. The van der Waals surface area contributed by atoms with Crippen molar-refractivity contribution >= 4 is 15.7 Å². The van der Waals surface area contributed by atoms with Gasteiger partial charge >= 0.3 is 0 Å². The summed E-state index contributed by atoms with van der Waals surface area (Å²) >= 11 is 0. The van der Waals surface area contributed by atoms with Gasteiger partial charge in [-0.25, -0.2) is 12.8 Å². The Labute approximate surface area is 136 Å². The Bertz CT molecular complexity index is 634. The SMILES string of the molecule is CC(Cc1ccccc1F)C(=O)NCCN1CCS(=O)(=O)CC1. The van der Waals surface area contributed by atoms with Crippen LogP contribution in [0.3, 0.4) is 0 Å². The lowest BCUT2D eigenvalue weighted by molar-refractivity contribution is -0.124. The minimum Gasteiger partial charge on any atom is -0.355 e. The third kappa shape index (κ3) is 5.58. The fourth-order valence-electron chi connectivity index (χ4n) is 2.57. The molecule has 1 heterocycles. The summed E-state index contributed by atoms with van der Waals surface area (Å²) in [6, 6.07) is 6.47. The zero-order valence-corrected chi connectivity index (χ0v) is 14.1. The van der Waals surface area contributed by atoms with Gasteiger partial charge in [-0.05, 0) is 18.1 Å². The third-order valence-corrected chi connectivity index (χ3v) is 5.70. The number of nitrogens with zero attached hydrogens (tertiary/aromatic N) is 1. The second-order valence-electron chi connectivity index (χ2n) is 5.98. The van der Waals surface area contributed by atoms with Crippen molar-refractivity contribution in [2.24, 2.45) is 5.92 Å². The zero-order valence-electron chi connectivity index (χ0n) is 13.3. The first-order valence-electron chi connectivity index (χ1n) is 7.81. The van der Waals surface area contributed by atoms with Crippen molar-refractivity contribution in [3.05, 3.63) is 35.6 Å². The van der Waals surface area contributed by atoms with E-state index in [1.807, 2.05) is 4.90 Å². The van der Waals surface area contributed by atoms with Crippen LogP contribution in [0.25, 0.3) is 0 Å². The molecule has 1 aliphatic heterocycles. The van der Waals surface area contributed by atoms with Gasteiger partial charge < -0.3 is 5.32 Å². The van der Waals surface area contributed by atoms with Crippen molar-refractivity contribution in [3.63, 3.8) is 0 Å². The van der Waals surface area contributed by atoms with Crippen LogP contribution in [-0.2, 0) is 21.1 Å². The van der Waals surface area contributed by atoms with Crippen LogP contribution in [0, 0.1) is 11.7 Å². The molecule has 1 aromatic carbocycles. The first-order valence-corrected chi connectivity index (χ1v) is 9.63. The van der Waals surface area contributed by atoms with E-state index in [4.69, 9.17) is 0 Å². The Morgan fingerprint density at radius 2 is 1.96 bits per heavy atom. The molecule has 1 aromatic rings. The van der Waals surface area contributed by atoms with E-state index in [0.29, 0.717) is 38.2 Å². The highest BCUT2D eigenvalue weighted by Gasteiger charge is 2.21. The molecule has 0 aliphatic carbocycles. The molecule has 23 heavy (non-hydrogen) atoms. The average Bonchev–Trinajstić information content (AvgIpc) is 2.51. The third-order valence-electron chi connectivity index (χ3n) is 4.10. The standard InChI is InChI=1S/C16H23FN2O3S/c1-13(12-14-4-2-3-5-15(14)17)16(20)18-6-7-19-8-10-23(21,22)11-9-19/h2-5,13H,6-12H2,1H3,(H,18,20). The van der Waals surface area contributed by atoms with Crippen LogP contribution in [0.1, 0.15) is 12.5 Å². The lowest BCUT2D eigenvalue weighted by atomic mass is 10.00. The van der Waals surface area contributed by atoms with Crippen LogP contribution in [0.5, 0.6) is 0 Å². The first kappa shape index (κ1) is 17.9. The summed E-state index contributed by atoms with van der Waals surface area (Å²) in [7, 11) is -2.87. The van der Waals surface area contributed by atoms with E-state index in [1.165, 1.54) is 6.07 Å². The van der Waals surface area contributed by atoms with Crippen LogP contribution in [-0.4, -0.2) is 56.9 Å².